The molecule has 0 unspecified atom stereocenters. The topological polar surface area (TPSA) is 65.4 Å². The lowest BCUT2D eigenvalue weighted by Crippen LogP contribution is -2.32. The van der Waals surface area contributed by atoms with Crippen molar-refractivity contribution < 1.29 is 13.9 Å². The summed E-state index contributed by atoms with van der Waals surface area (Å²) in [5.41, 5.74) is 5.60. The molecule has 0 spiro atoms. The lowest BCUT2D eigenvalue weighted by Gasteiger charge is -2.20. The third-order valence-corrected chi connectivity index (χ3v) is 5.96. The smallest absolute Gasteiger partial charge is 0.410 e. The molecule has 0 saturated carbocycles. The average Bonchev–Trinajstić information content (AvgIpc) is 3.34. The lowest BCUT2D eigenvalue weighted by molar-refractivity contribution is 0.104. The van der Waals surface area contributed by atoms with E-state index in [0.717, 1.165) is 27.8 Å². The number of rotatable bonds is 4. The normalized spacial score (nSPS) is 17.7. The lowest BCUT2D eigenvalue weighted by atomic mass is 9.98. The summed E-state index contributed by atoms with van der Waals surface area (Å²) in [7, 11) is 0. The maximum Gasteiger partial charge on any atom is 0.410 e. The van der Waals surface area contributed by atoms with Crippen molar-refractivity contribution in [2.75, 3.05) is 18.4 Å². The zero-order chi connectivity index (χ0) is 21.3. The third-order valence-electron chi connectivity index (χ3n) is 5.96. The highest BCUT2D eigenvalue weighted by Crippen LogP contribution is 2.41. The fourth-order valence-electron chi connectivity index (χ4n) is 4.20. The van der Waals surface area contributed by atoms with Gasteiger partial charge < -0.3 is 15.0 Å². The highest BCUT2D eigenvalue weighted by Gasteiger charge is 2.31. The van der Waals surface area contributed by atoms with E-state index in [2.05, 4.69) is 11.4 Å². The Morgan fingerprint density at radius 1 is 1.33 bits per heavy atom. The van der Waals surface area contributed by atoms with E-state index >= 15 is 0 Å². The summed E-state index contributed by atoms with van der Waals surface area (Å²) >= 11 is 0. The van der Waals surface area contributed by atoms with Crippen molar-refractivity contribution in [3.63, 3.8) is 0 Å². The first-order chi connectivity index (χ1) is 14.5. The number of nitrogens with zero attached hydrogens (tertiary/aromatic N) is 2. The molecule has 1 aliphatic heterocycles. The molecule has 0 bridgehead atoms. The van der Waals surface area contributed by atoms with Gasteiger partial charge in [-0.1, -0.05) is 35.9 Å². The quantitative estimate of drug-likeness (QED) is 0.788. The van der Waals surface area contributed by atoms with Gasteiger partial charge in [0.15, 0.2) is 0 Å². The number of hydrogen-bond donors (Lipinski definition) is 1. The number of carbonyl (C=O) groups excluding carboxylic acids is 1. The first-order valence-corrected chi connectivity index (χ1v) is 10.1. The summed E-state index contributed by atoms with van der Waals surface area (Å²) < 4.78 is 20.3. The van der Waals surface area contributed by atoms with Crippen molar-refractivity contribution in [2.24, 2.45) is 0 Å². The van der Waals surface area contributed by atoms with Gasteiger partial charge in [-0.25, -0.2) is 9.18 Å². The maximum atomic E-state index is 14.9. The van der Waals surface area contributed by atoms with E-state index in [-0.39, 0.29) is 18.7 Å². The molecule has 0 radical (unpaired) electrons. The van der Waals surface area contributed by atoms with E-state index in [1.165, 1.54) is 6.07 Å². The molecule has 1 N–H and O–H groups in total. The summed E-state index contributed by atoms with van der Waals surface area (Å²) in [6.07, 6.45) is 1.01. The molecule has 0 aromatic heterocycles. The van der Waals surface area contributed by atoms with Crippen LogP contribution in [-0.2, 0) is 17.8 Å². The number of likely N-dealkylation sites (tertiary alicyclic amines) is 1. The van der Waals surface area contributed by atoms with Gasteiger partial charge in [-0.3, -0.25) is 0 Å². The Hall–Kier alpha value is -3.33. The average molecular weight is 405 g/mol. The molecule has 1 atom stereocenters. The minimum absolute atomic E-state index is 0.0745. The van der Waals surface area contributed by atoms with Gasteiger partial charge in [0.1, 0.15) is 12.4 Å². The molecule has 1 aliphatic carbocycles. The number of fused-ring (bicyclic) bond motifs is 1. The van der Waals surface area contributed by atoms with Gasteiger partial charge in [-0.05, 0) is 49.5 Å². The van der Waals surface area contributed by atoms with Crippen LogP contribution in [0.2, 0.25) is 0 Å². The maximum absolute atomic E-state index is 14.9. The van der Waals surface area contributed by atoms with Crippen molar-refractivity contribution in [2.45, 2.75) is 39.3 Å². The van der Waals surface area contributed by atoms with Gasteiger partial charge in [-0.2, -0.15) is 5.26 Å². The molecular formula is C24H24FN3O2. The Balaban J connectivity index is 1.45. The Kier molecular flexibility index (Phi) is 5.45. The summed E-state index contributed by atoms with van der Waals surface area (Å²) in [5, 5.41) is 12.7. The standard InChI is InChI=1S/C24H24FN3O2/c1-15-10-20-18(12-26)11-21(25)23(22(20)16(15)2)27-19-8-9-28(13-19)24(29)30-14-17-6-4-3-5-7-17/h3-7,11,19,27H,8-10,13-14H2,1-2H3/t19-/m0/s1. The second-order valence-electron chi connectivity index (χ2n) is 7.94. The van der Waals surface area contributed by atoms with Crippen molar-refractivity contribution in [3.05, 3.63) is 70.0 Å². The molecule has 6 heteroatoms. The van der Waals surface area contributed by atoms with Crippen molar-refractivity contribution in [1.82, 2.24) is 4.90 Å². The van der Waals surface area contributed by atoms with Crippen LogP contribution in [0.25, 0.3) is 5.57 Å². The van der Waals surface area contributed by atoms with Gasteiger partial charge in [0.05, 0.1) is 17.3 Å². The Morgan fingerprint density at radius 3 is 2.83 bits per heavy atom. The number of carbonyl (C=O) groups is 1. The second-order valence-corrected chi connectivity index (χ2v) is 7.94. The predicted molar refractivity (Wildman–Crippen MR) is 113 cm³/mol. The zero-order valence-corrected chi connectivity index (χ0v) is 17.2. The van der Waals surface area contributed by atoms with Crippen LogP contribution in [0.4, 0.5) is 14.9 Å². The largest absolute Gasteiger partial charge is 0.445 e. The predicted octanol–water partition coefficient (Wildman–Crippen LogP) is 4.87. The number of amides is 1. The highest BCUT2D eigenvalue weighted by molar-refractivity contribution is 5.85. The summed E-state index contributed by atoms with van der Waals surface area (Å²) in [5.74, 6) is -0.426. The molecule has 4 rings (SSSR count). The molecule has 30 heavy (non-hydrogen) atoms. The molecule has 1 amide bonds. The number of nitrogens with one attached hydrogen (secondary N) is 1. The van der Waals surface area contributed by atoms with Gasteiger partial charge in [0.25, 0.3) is 0 Å². The van der Waals surface area contributed by atoms with E-state index in [1.54, 1.807) is 4.90 Å². The first-order valence-electron chi connectivity index (χ1n) is 10.1. The third kappa shape index (κ3) is 3.76. The van der Waals surface area contributed by atoms with Gasteiger partial charge in [0, 0.05) is 24.7 Å². The van der Waals surface area contributed by atoms with Crippen LogP contribution in [0.5, 0.6) is 0 Å². The molecule has 2 aromatic rings. The van der Waals surface area contributed by atoms with Crippen LogP contribution in [0.3, 0.4) is 0 Å². The number of anilines is 1. The number of benzene rings is 2. The van der Waals surface area contributed by atoms with E-state index in [0.29, 0.717) is 37.2 Å². The van der Waals surface area contributed by atoms with Crippen LogP contribution in [0.1, 0.15) is 42.5 Å². The van der Waals surface area contributed by atoms with Crippen LogP contribution < -0.4 is 5.32 Å². The number of nitriles is 1. The molecule has 1 saturated heterocycles. The Labute approximate surface area is 175 Å². The van der Waals surface area contributed by atoms with Crippen molar-refractivity contribution >= 4 is 17.4 Å². The monoisotopic (exact) mass is 405 g/mol. The van der Waals surface area contributed by atoms with Crippen LogP contribution >= 0.6 is 0 Å². The molecule has 1 heterocycles. The Morgan fingerprint density at radius 2 is 2.10 bits per heavy atom. The number of hydrogen-bond acceptors (Lipinski definition) is 4. The van der Waals surface area contributed by atoms with Crippen molar-refractivity contribution in [3.8, 4) is 6.07 Å². The number of ether oxygens (including phenoxy) is 1. The molecular weight excluding hydrogens is 381 g/mol. The number of halogens is 1. The fourth-order valence-corrected chi connectivity index (χ4v) is 4.20. The van der Waals surface area contributed by atoms with E-state index < -0.39 is 5.82 Å². The molecule has 5 nitrogen and oxygen atoms in total. The molecule has 2 aromatic carbocycles. The number of allylic oxidation sites excluding steroid dienone is 2. The van der Waals surface area contributed by atoms with Crippen LogP contribution in [0.15, 0.2) is 42.0 Å². The summed E-state index contributed by atoms with van der Waals surface area (Å²) in [6.45, 7) is 5.21. The van der Waals surface area contributed by atoms with Gasteiger partial charge in [0.2, 0.25) is 0 Å². The van der Waals surface area contributed by atoms with E-state index in [9.17, 15) is 14.4 Å². The Bertz CT molecular complexity index is 1060. The molecule has 154 valence electrons. The molecule has 2 aliphatic rings. The zero-order valence-electron chi connectivity index (χ0n) is 17.2. The second kappa shape index (κ2) is 8.19. The van der Waals surface area contributed by atoms with E-state index in [4.69, 9.17) is 4.74 Å². The first kappa shape index (κ1) is 20.0. The molecule has 1 fully saturated rings. The summed E-state index contributed by atoms with van der Waals surface area (Å²) in [4.78, 5) is 14.1. The van der Waals surface area contributed by atoms with Crippen LogP contribution in [0, 0.1) is 17.1 Å². The summed E-state index contributed by atoms with van der Waals surface area (Å²) in [6, 6.07) is 12.9. The SMILES string of the molecule is CC1=C(C)c2c(c(C#N)cc(F)c2N[C@H]2CCN(C(=O)OCc3ccccc3)C2)C1. The highest BCUT2D eigenvalue weighted by atomic mass is 19.1. The van der Waals surface area contributed by atoms with Gasteiger partial charge in [-0.15, -0.1) is 0 Å². The van der Waals surface area contributed by atoms with Crippen molar-refractivity contribution in [1.29, 1.82) is 5.26 Å². The van der Waals surface area contributed by atoms with Gasteiger partial charge >= 0.3 is 6.09 Å². The minimum atomic E-state index is -0.426. The minimum Gasteiger partial charge on any atom is -0.445 e. The van der Waals surface area contributed by atoms with E-state index in [1.807, 2.05) is 44.2 Å². The fraction of sp³-hybridized carbons (Fsp3) is 0.333. The van der Waals surface area contributed by atoms with Crippen LogP contribution in [-0.4, -0.2) is 30.1 Å².